The van der Waals surface area contributed by atoms with Crippen LogP contribution in [0, 0.1) is 11.6 Å². The lowest BCUT2D eigenvalue weighted by Crippen LogP contribution is -2.40. The molecule has 0 radical (unpaired) electrons. The molecule has 0 aliphatic heterocycles. The van der Waals surface area contributed by atoms with Gasteiger partial charge in [-0.25, -0.2) is 40.1 Å². The molecule has 3 aromatic carbocycles. The molecule has 0 spiro atoms. The Kier molecular flexibility index (Phi) is 10.9. The molecule has 2 N–H and O–H groups in total. The summed E-state index contributed by atoms with van der Waals surface area (Å²) in [5.74, 6) is -4.41. The highest BCUT2D eigenvalue weighted by atomic mass is 32.2. The lowest BCUT2D eigenvalue weighted by atomic mass is 10.1. The van der Waals surface area contributed by atoms with Crippen LogP contribution in [0.4, 0.5) is 41.2 Å². The zero-order chi connectivity index (χ0) is 39.0. The molecule has 53 heavy (non-hydrogen) atoms. The quantitative estimate of drug-likeness (QED) is 0.179. The summed E-state index contributed by atoms with van der Waals surface area (Å²) < 4.78 is 121. The first kappa shape index (κ1) is 38.7. The highest BCUT2D eigenvalue weighted by Gasteiger charge is 2.41. The molecule has 0 atom stereocenters. The first-order valence-electron chi connectivity index (χ1n) is 15.1. The number of benzene rings is 3. The van der Waals surface area contributed by atoms with Crippen molar-refractivity contribution in [3.8, 4) is 16.1 Å². The maximum Gasteiger partial charge on any atom is 0.471 e. The van der Waals surface area contributed by atoms with E-state index < -0.39 is 87.8 Å². The van der Waals surface area contributed by atoms with Crippen LogP contribution in [-0.2, 0) is 27.7 Å². The number of nitrogens with zero attached hydrogens (tertiary/aromatic N) is 3. The average molecular weight is 786 g/mol. The smallest absolute Gasteiger partial charge is 0.334 e. The Bertz CT molecular complexity index is 2420. The second-order valence-electron chi connectivity index (χ2n) is 11.5. The van der Waals surface area contributed by atoms with Crippen molar-refractivity contribution in [3.05, 3.63) is 110 Å². The van der Waals surface area contributed by atoms with Gasteiger partial charge in [0.05, 0.1) is 29.1 Å². The van der Waals surface area contributed by atoms with Crippen molar-refractivity contribution >= 4 is 49.0 Å². The molecule has 0 aliphatic carbocycles. The van der Waals surface area contributed by atoms with Gasteiger partial charge in [0.25, 0.3) is 12.0 Å². The van der Waals surface area contributed by atoms with E-state index in [1.807, 2.05) is 5.32 Å². The summed E-state index contributed by atoms with van der Waals surface area (Å²) in [5.41, 5.74) is -2.97. The fourth-order valence-electron chi connectivity index (χ4n) is 5.28. The van der Waals surface area contributed by atoms with Gasteiger partial charge in [-0.1, -0.05) is 18.2 Å². The molecule has 11 nitrogen and oxygen atoms in total. The Hall–Kier alpha value is -5.50. The molecular formula is C33H26F7N5O6S2. The second-order valence-corrected chi connectivity index (χ2v) is 14.5. The van der Waals surface area contributed by atoms with Gasteiger partial charge in [-0.2, -0.15) is 13.2 Å². The lowest BCUT2D eigenvalue weighted by Gasteiger charge is -2.19. The molecule has 5 aromatic rings. The largest absolute Gasteiger partial charge is 0.471 e. The number of carbonyl (C=O) groups excluding carboxylic acids is 2. The summed E-state index contributed by atoms with van der Waals surface area (Å²) >= 11 is 0.688. The maximum absolute atomic E-state index is 15.0. The maximum atomic E-state index is 15.0. The van der Waals surface area contributed by atoms with Crippen molar-refractivity contribution in [2.24, 2.45) is 0 Å². The number of urea groups is 1. The normalized spacial score (nSPS) is 12.0. The number of aromatic nitrogens is 2. The van der Waals surface area contributed by atoms with Crippen molar-refractivity contribution in [2.75, 3.05) is 25.2 Å². The predicted molar refractivity (Wildman–Crippen MR) is 181 cm³/mol. The number of fused-ring (bicyclic) bond motifs is 1. The molecule has 0 fully saturated rings. The van der Waals surface area contributed by atoms with Gasteiger partial charge in [0.15, 0.2) is 9.84 Å². The number of amides is 3. The third kappa shape index (κ3) is 8.27. The number of hydrogen-bond donors (Lipinski definition) is 2. The zero-order valence-corrected chi connectivity index (χ0v) is 28.9. The number of rotatable bonds is 10. The van der Waals surface area contributed by atoms with Gasteiger partial charge in [-0.3, -0.25) is 14.2 Å². The van der Waals surface area contributed by atoms with E-state index in [2.05, 4.69) is 5.32 Å². The summed E-state index contributed by atoms with van der Waals surface area (Å²) in [6.07, 6.45) is -7.23. The standard InChI is InChI=1S/C33H26F7N5O6S2/c1-43(30(47)33(38,39)40)15-22-26-28(46)45(19-10-12-20(13-11-19)53(2,50)51)32(49)44(16-21-23(34)4-3-5-24(21)35)29(26)52-27(22)17-6-8-18(9-7-17)42-31(48)41-14-25(36)37/h3-13,25H,14-16H2,1-2H3,(H2,41,42,48). The minimum atomic E-state index is -5.33. The number of nitrogens with one attached hydrogen (secondary N) is 2. The summed E-state index contributed by atoms with van der Waals surface area (Å²) in [6, 6.07) is 11.7. The first-order valence-corrected chi connectivity index (χ1v) is 17.8. The van der Waals surface area contributed by atoms with E-state index in [0.29, 0.717) is 15.9 Å². The molecule has 0 unspecified atom stereocenters. The van der Waals surface area contributed by atoms with Gasteiger partial charge in [0.2, 0.25) is 0 Å². The molecule has 2 aromatic heterocycles. The molecule has 0 aliphatic rings. The molecule has 0 saturated heterocycles. The van der Waals surface area contributed by atoms with Crippen LogP contribution in [0.5, 0.6) is 0 Å². The summed E-state index contributed by atoms with van der Waals surface area (Å²) in [7, 11) is -2.92. The predicted octanol–water partition coefficient (Wildman–Crippen LogP) is 5.52. The SMILES string of the molecule is CN(Cc1c(-c2ccc(NC(=O)NCC(F)F)cc2)sc2c1c(=O)n(-c1ccc(S(C)(=O)=O)cc1)c(=O)n2Cc1c(F)cccc1F)C(=O)C(F)(F)F. The zero-order valence-electron chi connectivity index (χ0n) is 27.3. The molecule has 20 heteroatoms. The first-order chi connectivity index (χ1) is 24.8. The number of hydrogen-bond acceptors (Lipinski definition) is 7. The summed E-state index contributed by atoms with van der Waals surface area (Å²) in [5, 5.41) is 3.86. The Balaban J connectivity index is 1.79. The minimum Gasteiger partial charge on any atom is -0.334 e. The Morgan fingerprint density at radius 1 is 0.925 bits per heavy atom. The lowest BCUT2D eigenvalue weighted by molar-refractivity contribution is -0.184. The van der Waals surface area contributed by atoms with E-state index in [1.54, 1.807) is 0 Å². The van der Waals surface area contributed by atoms with E-state index in [-0.39, 0.29) is 42.0 Å². The van der Waals surface area contributed by atoms with Gasteiger partial charge < -0.3 is 15.5 Å². The van der Waals surface area contributed by atoms with Crippen LogP contribution < -0.4 is 21.9 Å². The molecule has 3 amide bonds. The third-order valence-electron chi connectivity index (χ3n) is 7.78. The fraction of sp³-hybridized carbons (Fsp3) is 0.212. The van der Waals surface area contributed by atoms with Crippen molar-refractivity contribution in [3.63, 3.8) is 0 Å². The Morgan fingerprint density at radius 2 is 1.53 bits per heavy atom. The van der Waals surface area contributed by atoms with Crippen LogP contribution in [0.3, 0.4) is 0 Å². The van der Waals surface area contributed by atoms with Crippen LogP contribution in [-0.4, -0.2) is 66.8 Å². The number of carbonyl (C=O) groups is 2. The molecular weight excluding hydrogens is 760 g/mol. The van der Waals surface area contributed by atoms with Crippen molar-refractivity contribution in [1.82, 2.24) is 19.4 Å². The van der Waals surface area contributed by atoms with Crippen molar-refractivity contribution < 1.29 is 48.7 Å². The van der Waals surface area contributed by atoms with E-state index in [1.165, 1.54) is 24.3 Å². The van der Waals surface area contributed by atoms with Crippen LogP contribution in [0.15, 0.2) is 81.2 Å². The molecule has 0 saturated carbocycles. The van der Waals surface area contributed by atoms with Crippen LogP contribution in [0.2, 0.25) is 0 Å². The number of alkyl halides is 5. The number of sulfone groups is 1. The molecule has 5 rings (SSSR count). The highest BCUT2D eigenvalue weighted by molar-refractivity contribution is 7.90. The van der Waals surface area contributed by atoms with Gasteiger partial charge >= 0.3 is 23.8 Å². The van der Waals surface area contributed by atoms with E-state index >= 15 is 0 Å². The monoisotopic (exact) mass is 785 g/mol. The van der Waals surface area contributed by atoms with Gasteiger partial charge in [0, 0.05) is 41.5 Å². The van der Waals surface area contributed by atoms with Crippen LogP contribution in [0.1, 0.15) is 11.1 Å². The summed E-state index contributed by atoms with van der Waals surface area (Å²) in [4.78, 5) is 52.6. The van der Waals surface area contributed by atoms with Crippen LogP contribution in [0.25, 0.3) is 26.3 Å². The van der Waals surface area contributed by atoms with Crippen molar-refractivity contribution in [2.45, 2.75) is 30.6 Å². The fourth-order valence-corrected chi connectivity index (χ4v) is 7.21. The van der Waals surface area contributed by atoms with E-state index in [4.69, 9.17) is 0 Å². The average Bonchev–Trinajstić information content (AvgIpc) is 3.45. The number of anilines is 1. The van der Waals surface area contributed by atoms with Crippen LogP contribution >= 0.6 is 11.3 Å². The van der Waals surface area contributed by atoms with E-state index in [9.17, 15) is 58.3 Å². The number of thiophene rings is 1. The van der Waals surface area contributed by atoms with Gasteiger partial charge in [-0.05, 0) is 54.1 Å². The molecule has 0 bridgehead atoms. The number of halogens is 7. The van der Waals surface area contributed by atoms with E-state index in [0.717, 1.165) is 60.3 Å². The Morgan fingerprint density at radius 3 is 2.08 bits per heavy atom. The van der Waals surface area contributed by atoms with Gasteiger partial charge in [-0.15, -0.1) is 11.3 Å². The second kappa shape index (κ2) is 14.9. The van der Waals surface area contributed by atoms with Crippen molar-refractivity contribution in [1.29, 1.82) is 0 Å². The highest BCUT2D eigenvalue weighted by Crippen LogP contribution is 2.39. The molecule has 280 valence electrons. The third-order valence-corrected chi connectivity index (χ3v) is 10.2. The minimum absolute atomic E-state index is 0.0416. The summed E-state index contributed by atoms with van der Waals surface area (Å²) in [6.45, 7) is -2.61. The molecule has 2 heterocycles. The van der Waals surface area contributed by atoms with Gasteiger partial charge in [0.1, 0.15) is 16.5 Å². The topological polar surface area (TPSA) is 140 Å². The Labute approximate surface area is 298 Å².